The summed E-state index contributed by atoms with van der Waals surface area (Å²) in [5.41, 5.74) is 3.64. The molecule has 1 heterocycles. The number of hydrogen-bond acceptors (Lipinski definition) is 5. The summed E-state index contributed by atoms with van der Waals surface area (Å²) in [5, 5.41) is 2.64. The van der Waals surface area contributed by atoms with E-state index in [4.69, 9.17) is 15.2 Å². The van der Waals surface area contributed by atoms with Crippen LogP contribution < -0.4 is 26.1 Å². The first-order valence-electron chi connectivity index (χ1n) is 6.74. The molecule has 0 unspecified atom stereocenters. The van der Waals surface area contributed by atoms with E-state index in [1.807, 2.05) is 0 Å². The molecule has 2 aromatic rings. The lowest BCUT2D eigenvalue weighted by Crippen LogP contribution is -2.23. The minimum Gasteiger partial charge on any atom is -0.497 e. The number of benzene rings is 1. The van der Waals surface area contributed by atoms with Crippen molar-refractivity contribution in [2.24, 2.45) is 10.7 Å². The summed E-state index contributed by atoms with van der Waals surface area (Å²) in [6.07, 6.45) is -4.78. The van der Waals surface area contributed by atoms with Crippen LogP contribution in [0.5, 0.6) is 11.5 Å². The van der Waals surface area contributed by atoms with Crippen LogP contribution in [0, 0.1) is 0 Å². The number of ether oxygens (including phenoxy) is 2. The first-order chi connectivity index (χ1) is 11.7. The van der Waals surface area contributed by atoms with Gasteiger partial charge in [0.15, 0.2) is 5.69 Å². The molecule has 0 aliphatic rings. The van der Waals surface area contributed by atoms with E-state index in [0.29, 0.717) is 23.3 Å². The van der Waals surface area contributed by atoms with Crippen molar-refractivity contribution in [3.05, 3.63) is 40.3 Å². The summed E-state index contributed by atoms with van der Waals surface area (Å²) in [7, 11) is 2.88. The zero-order valence-electron chi connectivity index (χ0n) is 13.1. The van der Waals surface area contributed by atoms with Crippen LogP contribution in [0.25, 0.3) is 0 Å². The van der Waals surface area contributed by atoms with E-state index in [-0.39, 0.29) is 5.96 Å². The van der Waals surface area contributed by atoms with E-state index in [1.165, 1.54) is 14.2 Å². The first kappa shape index (κ1) is 18.1. The zero-order chi connectivity index (χ0) is 18.6. The Morgan fingerprint density at radius 2 is 2.00 bits per heavy atom. The number of methoxy groups -OCH3 is 2. The highest BCUT2D eigenvalue weighted by molar-refractivity contribution is 5.95. The Morgan fingerprint density at radius 3 is 2.60 bits per heavy atom. The lowest BCUT2D eigenvalue weighted by molar-refractivity contribution is -0.141. The molecule has 0 amide bonds. The van der Waals surface area contributed by atoms with Gasteiger partial charge in [-0.05, 0) is 12.1 Å². The molecule has 1 aromatic heterocycles. The number of aromatic nitrogens is 2. The molecule has 0 aliphatic carbocycles. The zero-order valence-corrected chi connectivity index (χ0v) is 13.1. The van der Waals surface area contributed by atoms with Crippen molar-refractivity contribution in [3.8, 4) is 11.5 Å². The molecule has 1 aromatic carbocycles. The van der Waals surface area contributed by atoms with Gasteiger partial charge in [0.25, 0.3) is 5.56 Å². The number of nitrogens with two attached hydrogens (primary N) is 1. The average molecular weight is 357 g/mol. The van der Waals surface area contributed by atoms with Crippen LogP contribution in [-0.4, -0.2) is 30.1 Å². The molecule has 0 fully saturated rings. The Morgan fingerprint density at radius 1 is 1.28 bits per heavy atom. The lowest BCUT2D eigenvalue weighted by atomic mass is 10.2. The van der Waals surface area contributed by atoms with Gasteiger partial charge in [0.1, 0.15) is 11.5 Å². The van der Waals surface area contributed by atoms with Gasteiger partial charge in [-0.25, -0.2) is 4.98 Å². The predicted molar refractivity (Wildman–Crippen MR) is 84.3 cm³/mol. The molecule has 25 heavy (non-hydrogen) atoms. The second-order valence-electron chi connectivity index (χ2n) is 4.64. The van der Waals surface area contributed by atoms with Gasteiger partial charge in [-0.1, -0.05) is 0 Å². The van der Waals surface area contributed by atoms with Gasteiger partial charge in [-0.2, -0.15) is 18.2 Å². The van der Waals surface area contributed by atoms with Crippen molar-refractivity contribution in [1.82, 2.24) is 9.97 Å². The largest absolute Gasteiger partial charge is 0.497 e. The molecule has 0 saturated carbocycles. The summed E-state index contributed by atoms with van der Waals surface area (Å²) in [5.74, 6) is -0.0214. The second kappa shape index (κ2) is 7.11. The molecule has 134 valence electrons. The number of aliphatic imine (C=N–C) groups is 1. The first-order valence-corrected chi connectivity index (χ1v) is 6.74. The number of halogens is 3. The van der Waals surface area contributed by atoms with Crippen LogP contribution in [-0.2, 0) is 6.18 Å². The van der Waals surface area contributed by atoms with Gasteiger partial charge in [-0.15, -0.1) is 0 Å². The fraction of sp³-hybridized carbons (Fsp3) is 0.214. The van der Waals surface area contributed by atoms with Crippen LogP contribution in [0.2, 0.25) is 0 Å². The molecule has 8 nitrogen and oxygen atoms in total. The Labute approximate surface area is 139 Å². The van der Waals surface area contributed by atoms with Crippen molar-refractivity contribution in [1.29, 1.82) is 0 Å². The van der Waals surface area contributed by atoms with Gasteiger partial charge in [0, 0.05) is 12.1 Å². The van der Waals surface area contributed by atoms with E-state index in [0.717, 1.165) is 0 Å². The molecule has 0 saturated heterocycles. The fourth-order valence-electron chi connectivity index (χ4n) is 1.83. The molecular weight excluding hydrogens is 343 g/mol. The number of alkyl halides is 3. The Kier molecular flexibility index (Phi) is 5.15. The molecule has 0 spiro atoms. The highest BCUT2D eigenvalue weighted by Gasteiger charge is 2.33. The standard InChI is InChI=1S/C14H14F3N5O3/c1-24-7-3-4-9(25-2)8(5-7)19-12(18)22-13-20-10(14(15,16)17)6-11(23)21-13/h3-6H,1-2H3,(H4,18,19,20,21,22,23). The summed E-state index contributed by atoms with van der Waals surface area (Å²) in [6, 6.07) is 5.11. The van der Waals surface area contributed by atoms with Crippen LogP contribution in [0.4, 0.5) is 24.8 Å². The SMILES string of the molecule is COc1ccc(OC)c(N/C(N)=N/c2nc(C(F)(F)F)cc(=O)[nH]2)c1. The quantitative estimate of drug-likeness (QED) is 0.568. The average Bonchev–Trinajstić information content (AvgIpc) is 2.53. The van der Waals surface area contributed by atoms with E-state index >= 15 is 0 Å². The van der Waals surface area contributed by atoms with E-state index < -0.39 is 23.4 Å². The molecule has 11 heteroatoms. The van der Waals surface area contributed by atoms with Crippen molar-refractivity contribution < 1.29 is 22.6 Å². The van der Waals surface area contributed by atoms with Gasteiger partial charge in [0.05, 0.1) is 19.9 Å². The number of nitrogens with one attached hydrogen (secondary N) is 2. The molecule has 4 N–H and O–H groups in total. The maximum atomic E-state index is 12.7. The van der Waals surface area contributed by atoms with Crippen LogP contribution in [0.15, 0.2) is 34.1 Å². The second-order valence-corrected chi connectivity index (χ2v) is 4.64. The Hall–Kier alpha value is -3.24. The third-order valence-corrected chi connectivity index (χ3v) is 2.92. The minimum absolute atomic E-state index is 0.311. The Bertz CT molecular complexity index is 848. The number of rotatable bonds is 4. The molecular formula is C14H14F3N5O3. The van der Waals surface area contributed by atoms with Gasteiger partial charge in [-0.3, -0.25) is 9.78 Å². The summed E-state index contributed by atoms with van der Waals surface area (Å²) >= 11 is 0. The fourth-order valence-corrected chi connectivity index (χ4v) is 1.83. The third kappa shape index (κ3) is 4.62. The minimum atomic E-state index is -4.78. The lowest BCUT2D eigenvalue weighted by Gasteiger charge is -2.12. The van der Waals surface area contributed by atoms with Gasteiger partial charge in [0.2, 0.25) is 11.9 Å². The number of guanidine groups is 1. The van der Waals surface area contributed by atoms with E-state index in [9.17, 15) is 18.0 Å². The highest BCUT2D eigenvalue weighted by Crippen LogP contribution is 2.29. The molecule has 0 aliphatic heterocycles. The van der Waals surface area contributed by atoms with E-state index in [1.54, 1.807) is 18.2 Å². The number of aromatic amines is 1. The highest BCUT2D eigenvalue weighted by atomic mass is 19.4. The van der Waals surface area contributed by atoms with Gasteiger partial charge < -0.3 is 20.5 Å². The number of hydrogen-bond donors (Lipinski definition) is 3. The maximum absolute atomic E-state index is 12.7. The predicted octanol–water partition coefficient (Wildman–Crippen LogP) is 1.86. The number of nitrogens with zero attached hydrogens (tertiary/aromatic N) is 2. The molecule has 2 rings (SSSR count). The van der Waals surface area contributed by atoms with E-state index in [2.05, 4.69) is 20.3 Å². The monoisotopic (exact) mass is 357 g/mol. The van der Waals surface area contributed by atoms with Gasteiger partial charge >= 0.3 is 6.18 Å². The molecule has 0 bridgehead atoms. The number of anilines is 1. The molecule has 0 radical (unpaired) electrons. The normalized spacial score (nSPS) is 12.0. The topological polar surface area (TPSA) is 115 Å². The maximum Gasteiger partial charge on any atom is 0.433 e. The Balaban J connectivity index is 2.34. The molecule has 0 atom stereocenters. The van der Waals surface area contributed by atoms with Crippen molar-refractivity contribution >= 4 is 17.6 Å². The van der Waals surface area contributed by atoms with Crippen molar-refractivity contribution in [3.63, 3.8) is 0 Å². The van der Waals surface area contributed by atoms with Crippen LogP contribution >= 0.6 is 0 Å². The number of H-pyrrole nitrogens is 1. The van der Waals surface area contributed by atoms with Crippen LogP contribution in [0.3, 0.4) is 0 Å². The summed E-state index contributed by atoms with van der Waals surface area (Å²) in [4.78, 5) is 20.2. The summed E-state index contributed by atoms with van der Waals surface area (Å²) < 4.78 is 48.2. The summed E-state index contributed by atoms with van der Waals surface area (Å²) in [6.45, 7) is 0. The third-order valence-electron chi connectivity index (χ3n) is 2.92. The smallest absolute Gasteiger partial charge is 0.433 e. The van der Waals surface area contributed by atoms with Crippen LogP contribution in [0.1, 0.15) is 5.69 Å². The van der Waals surface area contributed by atoms with Crippen molar-refractivity contribution in [2.45, 2.75) is 6.18 Å². The van der Waals surface area contributed by atoms with Crippen molar-refractivity contribution in [2.75, 3.05) is 19.5 Å².